The molecule has 0 radical (unpaired) electrons. The molecule has 4 aliphatic heterocycles. The van der Waals surface area contributed by atoms with Crippen LogP contribution in [0.2, 0.25) is 0 Å². The lowest BCUT2D eigenvalue weighted by molar-refractivity contribution is -0.150. The molecule has 1 unspecified atom stereocenters. The number of aliphatic imine (C=N–C) groups is 1. The first kappa shape index (κ1) is 35.7. The van der Waals surface area contributed by atoms with Gasteiger partial charge < -0.3 is 14.0 Å². The normalized spacial score (nSPS) is 24.8. The minimum absolute atomic E-state index is 0.147. The fraction of sp³-hybridized carbons (Fsp3) is 0.600. The van der Waals surface area contributed by atoms with Crippen LogP contribution in [0.15, 0.2) is 47.6 Å². The lowest BCUT2D eigenvalue weighted by Crippen LogP contribution is -2.54. The third-order valence-electron chi connectivity index (χ3n) is 11.2. The molecule has 4 aliphatic rings. The van der Waals surface area contributed by atoms with Crippen molar-refractivity contribution in [1.29, 1.82) is 0 Å². The van der Waals surface area contributed by atoms with Crippen molar-refractivity contribution < 1.29 is 14.3 Å². The van der Waals surface area contributed by atoms with Crippen molar-refractivity contribution in [3.63, 3.8) is 0 Å². The number of nitrogens with zero attached hydrogens (tertiary/aromatic N) is 4. The van der Waals surface area contributed by atoms with E-state index in [1.807, 2.05) is 6.08 Å². The van der Waals surface area contributed by atoms with Crippen molar-refractivity contribution >= 4 is 34.2 Å². The molecule has 2 N–H and O–H groups in total. The Balaban J connectivity index is 1.42. The van der Waals surface area contributed by atoms with Gasteiger partial charge in [0, 0.05) is 80.0 Å². The van der Waals surface area contributed by atoms with Crippen LogP contribution in [0, 0.1) is 5.41 Å². The minimum atomic E-state index is -0.318. The van der Waals surface area contributed by atoms with E-state index in [9.17, 15) is 4.79 Å². The fourth-order valence-corrected chi connectivity index (χ4v) is 8.42. The van der Waals surface area contributed by atoms with Gasteiger partial charge in [0.25, 0.3) is 0 Å². The number of piperazine rings is 1. The molecule has 4 atom stereocenters. The standard InChI is InChI=1S/C40H58N6O3/c1-8-28(9-2)29-15-16-36-32(21-29)34(23-40(5,6)26-49-39(47)35-14-11-17-42-43-35)38(46(36)10-3)33-22-31(24-41-37(33)27(4)48-7)45-20-19-44-18-12-13-30(44)25-45/h8-9,15-16,21,24,27,30-31,35,42-43H,1,10-14,17-20,22-23,25-26H2,2-7H3/b28-9+/t27-,30+,31?,35-/m0/s1. The highest BCUT2D eigenvalue weighted by Crippen LogP contribution is 2.42. The molecular formula is C40H58N6O3. The highest BCUT2D eigenvalue weighted by Gasteiger charge is 2.37. The maximum Gasteiger partial charge on any atom is 0.324 e. The summed E-state index contributed by atoms with van der Waals surface area (Å²) in [6, 6.07) is 7.39. The average molecular weight is 671 g/mol. The number of benzene rings is 1. The average Bonchev–Trinajstić information content (AvgIpc) is 3.72. The Kier molecular flexibility index (Phi) is 11.3. The lowest BCUT2D eigenvalue weighted by Gasteiger charge is -2.42. The number of carbonyl (C=O) groups is 1. The van der Waals surface area contributed by atoms with E-state index in [-0.39, 0.29) is 29.6 Å². The third kappa shape index (κ3) is 7.52. The topological polar surface area (TPSA) is 83.4 Å². The van der Waals surface area contributed by atoms with Crippen molar-refractivity contribution in [2.24, 2.45) is 10.4 Å². The van der Waals surface area contributed by atoms with Gasteiger partial charge in [0.15, 0.2) is 0 Å². The summed E-state index contributed by atoms with van der Waals surface area (Å²) in [5, 5.41) is 1.23. The van der Waals surface area contributed by atoms with E-state index in [1.54, 1.807) is 7.11 Å². The number of aryl methyl sites for hydroxylation is 1. The number of methoxy groups -OCH3 is 1. The molecule has 266 valence electrons. The number of ether oxygens (including phenoxy) is 2. The van der Waals surface area contributed by atoms with Crippen LogP contribution in [0.4, 0.5) is 0 Å². The lowest BCUT2D eigenvalue weighted by atomic mass is 9.83. The Hall–Kier alpha value is -3.08. The Morgan fingerprint density at radius 2 is 2.00 bits per heavy atom. The number of fused-ring (bicyclic) bond motifs is 2. The molecule has 0 amide bonds. The van der Waals surface area contributed by atoms with Crippen LogP contribution in [0.25, 0.3) is 22.0 Å². The monoisotopic (exact) mass is 670 g/mol. The van der Waals surface area contributed by atoms with Gasteiger partial charge in [-0.05, 0) is 94.7 Å². The van der Waals surface area contributed by atoms with Gasteiger partial charge in [0.1, 0.15) is 6.04 Å². The zero-order chi connectivity index (χ0) is 34.7. The zero-order valence-corrected chi connectivity index (χ0v) is 30.7. The van der Waals surface area contributed by atoms with Gasteiger partial charge in [-0.2, -0.15) is 0 Å². The number of nitrogens with one attached hydrogen (secondary N) is 2. The summed E-state index contributed by atoms with van der Waals surface area (Å²) in [4.78, 5) is 23.6. The van der Waals surface area contributed by atoms with Gasteiger partial charge in [-0.3, -0.25) is 25.0 Å². The second-order valence-electron chi connectivity index (χ2n) is 15.1. The Labute approximate surface area is 293 Å². The molecule has 1 aromatic carbocycles. The Morgan fingerprint density at radius 3 is 2.71 bits per heavy atom. The fourth-order valence-electron chi connectivity index (χ4n) is 8.42. The van der Waals surface area contributed by atoms with Gasteiger partial charge in [-0.25, -0.2) is 5.43 Å². The van der Waals surface area contributed by atoms with Gasteiger partial charge >= 0.3 is 5.97 Å². The molecule has 1 aromatic heterocycles. The van der Waals surface area contributed by atoms with Crippen LogP contribution in [0.3, 0.4) is 0 Å². The number of carbonyl (C=O) groups excluding carboxylic acids is 1. The van der Waals surface area contributed by atoms with Crippen molar-refractivity contribution in [2.45, 2.75) is 104 Å². The van der Waals surface area contributed by atoms with Crippen molar-refractivity contribution in [3.8, 4) is 0 Å². The van der Waals surface area contributed by atoms with Crippen LogP contribution >= 0.6 is 0 Å². The van der Waals surface area contributed by atoms with E-state index < -0.39 is 0 Å². The zero-order valence-electron chi connectivity index (χ0n) is 30.7. The van der Waals surface area contributed by atoms with Crippen molar-refractivity contribution in [3.05, 3.63) is 59.4 Å². The maximum absolute atomic E-state index is 13.1. The first-order chi connectivity index (χ1) is 23.7. The predicted molar refractivity (Wildman–Crippen MR) is 201 cm³/mol. The van der Waals surface area contributed by atoms with Crippen molar-refractivity contribution in [1.82, 2.24) is 25.2 Å². The van der Waals surface area contributed by atoms with E-state index in [1.165, 1.54) is 47.1 Å². The number of hydrogen-bond acceptors (Lipinski definition) is 8. The quantitative estimate of drug-likeness (QED) is 0.212. The summed E-state index contributed by atoms with van der Waals surface area (Å²) in [7, 11) is 1.78. The van der Waals surface area contributed by atoms with Crippen LogP contribution < -0.4 is 10.9 Å². The summed E-state index contributed by atoms with van der Waals surface area (Å²) in [6.45, 7) is 21.5. The summed E-state index contributed by atoms with van der Waals surface area (Å²) >= 11 is 0. The van der Waals surface area contributed by atoms with E-state index >= 15 is 0 Å². The SMILES string of the molecule is C=C/C(=C\C)c1ccc2c(c1)c(CC(C)(C)COC(=O)[C@@H]1CCCNN1)c(C1=C([C@H](C)OC)N=CC(N3CCN4CCC[C@@H]4C3)C1)n2CC. The summed E-state index contributed by atoms with van der Waals surface area (Å²) in [5.41, 5.74) is 14.2. The molecule has 3 saturated heterocycles. The maximum atomic E-state index is 13.1. The van der Waals surface area contributed by atoms with Crippen LogP contribution in [-0.2, 0) is 27.2 Å². The van der Waals surface area contributed by atoms with E-state index in [2.05, 4.69) is 96.9 Å². The molecule has 6 rings (SSSR count). The number of allylic oxidation sites excluding steroid dienone is 3. The molecule has 49 heavy (non-hydrogen) atoms. The molecule has 5 heterocycles. The first-order valence-corrected chi connectivity index (χ1v) is 18.6. The van der Waals surface area contributed by atoms with Gasteiger partial charge in [-0.15, -0.1) is 0 Å². The summed E-state index contributed by atoms with van der Waals surface area (Å²) in [6.07, 6.45) is 12.1. The molecule has 0 saturated carbocycles. The highest BCUT2D eigenvalue weighted by atomic mass is 16.5. The van der Waals surface area contributed by atoms with Crippen LogP contribution in [-0.4, -0.2) is 97.2 Å². The second-order valence-corrected chi connectivity index (χ2v) is 15.1. The smallest absolute Gasteiger partial charge is 0.324 e. The second kappa shape index (κ2) is 15.4. The molecule has 0 aliphatic carbocycles. The molecular weight excluding hydrogens is 612 g/mol. The summed E-state index contributed by atoms with van der Waals surface area (Å²) in [5.74, 6) is -0.187. The number of hydrogen-bond donors (Lipinski definition) is 2. The van der Waals surface area contributed by atoms with E-state index in [0.29, 0.717) is 12.6 Å². The number of esters is 1. The molecule has 9 nitrogen and oxygen atoms in total. The minimum Gasteiger partial charge on any atom is -0.464 e. The van der Waals surface area contributed by atoms with E-state index in [4.69, 9.17) is 14.5 Å². The molecule has 3 fully saturated rings. The summed E-state index contributed by atoms with van der Waals surface area (Å²) < 4.78 is 14.5. The highest BCUT2D eigenvalue weighted by molar-refractivity contribution is 5.95. The molecule has 9 heteroatoms. The Morgan fingerprint density at radius 1 is 1.18 bits per heavy atom. The number of aromatic nitrogens is 1. The largest absolute Gasteiger partial charge is 0.464 e. The number of rotatable bonds is 12. The van der Waals surface area contributed by atoms with E-state index in [0.717, 1.165) is 75.2 Å². The Bertz CT molecular complexity index is 1610. The van der Waals surface area contributed by atoms with Crippen LogP contribution in [0.5, 0.6) is 0 Å². The molecule has 0 spiro atoms. The van der Waals surface area contributed by atoms with Gasteiger partial charge in [0.2, 0.25) is 0 Å². The molecule has 0 bridgehead atoms. The number of hydrazine groups is 1. The predicted octanol–water partition coefficient (Wildman–Crippen LogP) is 5.99. The van der Waals surface area contributed by atoms with Gasteiger partial charge in [-0.1, -0.05) is 38.6 Å². The first-order valence-electron chi connectivity index (χ1n) is 18.6. The van der Waals surface area contributed by atoms with Crippen molar-refractivity contribution in [2.75, 3.05) is 46.4 Å². The van der Waals surface area contributed by atoms with Crippen LogP contribution in [0.1, 0.15) is 83.5 Å². The molecule has 2 aromatic rings. The van der Waals surface area contributed by atoms with Gasteiger partial charge in [0.05, 0.1) is 24.1 Å². The third-order valence-corrected chi connectivity index (χ3v) is 11.2.